The number of nitrogens with zero attached hydrogens (tertiary/aromatic N) is 3. The molecule has 212 valence electrons. The van der Waals surface area contributed by atoms with E-state index in [0.717, 1.165) is 55.9 Å². The van der Waals surface area contributed by atoms with Crippen molar-refractivity contribution in [2.24, 2.45) is 5.92 Å². The van der Waals surface area contributed by atoms with E-state index < -0.39 is 0 Å². The van der Waals surface area contributed by atoms with Crippen LogP contribution in [0.5, 0.6) is 5.75 Å². The Labute approximate surface area is 237 Å². The summed E-state index contributed by atoms with van der Waals surface area (Å²) < 4.78 is 25.3. The third-order valence-electron chi connectivity index (χ3n) is 8.33. The Morgan fingerprint density at radius 1 is 0.925 bits per heavy atom. The molecule has 2 heterocycles. The molecule has 3 aromatic rings. The molecule has 0 aromatic heterocycles. The Hall–Kier alpha value is -3.42. The number of halogens is 1. The van der Waals surface area contributed by atoms with Gasteiger partial charge in [0.1, 0.15) is 18.2 Å². The van der Waals surface area contributed by atoms with E-state index in [1.54, 1.807) is 13.2 Å². The van der Waals surface area contributed by atoms with Crippen LogP contribution in [0.3, 0.4) is 0 Å². The van der Waals surface area contributed by atoms with Gasteiger partial charge in [0, 0.05) is 38.3 Å². The zero-order valence-corrected chi connectivity index (χ0v) is 23.5. The van der Waals surface area contributed by atoms with Crippen molar-refractivity contribution in [3.8, 4) is 5.75 Å². The number of benzene rings is 3. The fraction of sp³-hybridized carbons (Fsp3) is 0.424. The van der Waals surface area contributed by atoms with Crippen LogP contribution in [0.2, 0.25) is 0 Å². The van der Waals surface area contributed by atoms with Gasteiger partial charge < -0.3 is 14.4 Å². The Kier molecular flexibility index (Phi) is 9.34. The largest absolute Gasteiger partial charge is 0.497 e. The van der Waals surface area contributed by atoms with E-state index in [1.165, 1.54) is 11.6 Å². The molecule has 6 nitrogen and oxygen atoms in total. The Bertz CT molecular complexity index is 1230. The van der Waals surface area contributed by atoms with Crippen LogP contribution in [-0.2, 0) is 17.9 Å². The van der Waals surface area contributed by atoms with Crippen molar-refractivity contribution < 1.29 is 18.7 Å². The molecule has 0 N–H and O–H groups in total. The van der Waals surface area contributed by atoms with Crippen molar-refractivity contribution in [2.75, 3.05) is 39.8 Å². The van der Waals surface area contributed by atoms with Crippen molar-refractivity contribution in [3.63, 3.8) is 0 Å². The topological polar surface area (TPSA) is 45.2 Å². The van der Waals surface area contributed by atoms with Gasteiger partial charge in [0.25, 0.3) is 0 Å². The van der Waals surface area contributed by atoms with Crippen molar-refractivity contribution in [2.45, 2.75) is 45.0 Å². The van der Waals surface area contributed by atoms with Crippen LogP contribution >= 0.6 is 0 Å². The second-order valence-electron chi connectivity index (χ2n) is 11.0. The maximum atomic E-state index is 14.4. The summed E-state index contributed by atoms with van der Waals surface area (Å²) in [6, 6.07) is 25.4. The van der Waals surface area contributed by atoms with Crippen LogP contribution in [0.25, 0.3) is 0 Å². The molecular weight excluding hydrogens is 505 g/mol. The lowest BCUT2D eigenvalue weighted by molar-refractivity contribution is 0.00476. The van der Waals surface area contributed by atoms with Crippen LogP contribution in [0.1, 0.15) is 42.5 Å². The van der Waals surface area contributed by atoms with Gasteiger partial charge in [0.2, 0.25) is 0 Å². The van der Waals surface area contributed by atoms with Gasteiger partial charge in [-0.15, -0.1) is 0 Å². The van der Waals surface area contributed by atoms with E-state index in [1.807, 2.05) is 53.4 Å². The molecule has 7 heteroatoms. The highest BCUT2D eigenvalue weighted by atomic mass is 19.1. The average Bonchev–Trinajstić information content (AvgIpc) is 2.98. The highest BCUT2D eigenvalue weighted by Gasteiger charge is 2.38. The Balaban J connectivity index is 1.22. The lowest BCUT2D eigenvalue weighted by Gasteiger charge is -2.47. The number of piperazine rings is 1. The number of methoxy groups -OCH3 is 1. The Morgan fingerprint density at radius 2 is 1.68 bits per heavy atom. The quantitative estimate of drug-likeness (QED) is 0.341. The standard InChI is InChI=1S/C33H40FN3O3/c1-25-22-36(33(38)40-24-27-7-4-3-5-8-27)19-20-37(25)32(29-9-6-10-30(34)21-29)28-15-17-35(18-16-28)23-26-11-13-31(39-2)14-12-26/h3-14,21,25,28,32H,15-20,22-24H2,1-2H3/t25-,32+/m0/s1. The molecule has 2 saturated heterocycles. The third-order valence-corrected chi connectivity index (χ3v) is 8.33. The number of piperidine rings is 1. The van der Waals surface area contributed by atoms with Gasteiger partial charge in [-0.05, 0) is 79.7 Å². The van der Waals surface area contributed by atoms with Gasteiger partial charge in [-0.3, -0.25) is 9.80 Å². The second-order valence-corrected chi connectivity index (χ2v) is 11.0. The van der Waals surface area contributed by atoms with Crippen molar-refractivity contribution in [1.82, 2.24) is 14.7 Å². The first-order valence-electron chi connectivity index (χ1n) is 14.3. The summed E-state index contributed by atoms with van der Waals surface area (Å²) in [6.45, 7) is 7.29. The van der Waals surface area contributed by atoms with Crippen LogP contribution in [0.4, 0.5) is 9.18 Å². The van der Waals surface area contributed by atoms with Crippen LogP contribution < -0.4 is 4.74 Å². The van der Waals surface area contributed by atoms with Gasteiger partial charge in [-0.1, -0.05) is 54.6 Å². The SMILES string of the molecule is COc1ccc(CN2CCC([C@H](c3cccc(F)c3)N3CCN(C(=O)OCc4ccccc4)C[C@@H]3C)CC2)cc1. The number of carbonyl (C=O) groups excluding carboxylic acids is 1. The number of carbonyl (C=O) groups is 1. The molecule has 0 aliphatic carbocycles. The molecule has 1 amide bonds. The molecular formula is C33H40FN3O3. The van der Waals surface area contributed by atoms with Crippen LogP contribution in [-0.4, -0.2) is 66.7 Å². The maximum absolute atomic E-state index is 14.4. The molecule has 2 aliphatic rings. The summed E-state index contributed by atoms with van der Waals surface area (Å²) in [6.07, 6.45) is 1.82. The fourth-order valence-corrected chi connectivity index (χ4v) is 6.20. The van der Waals surface area contributed by atoms with Gasteiger partial charge >= 0.3 is 6.09 Å². The predicted octanol–water partition coefficient (Wildman–Crippen LogP) is 6.13. The van der Waals surface area contributed by atoms with Gasteiger partial charge in [0.05, 0.1) is 7.11 Å². The van der Waals surface area contributed by atoms with Crippen molar-refractivity contribution in [3.05, 3.63) is 101 Å². The average molecular weight is 546 g/mol. The minimum Gasteiger partial charge on any atom is -0.497 e. The molecule has 0 saturated carbocycles. The first-order chi connectivity index (χ1) is 19.5. The van der Waals surface area contributed by atoms with Gasteiger partial charge in [-0.25, -0.2) is 9.18 Å². The molecule has 3 aromatic carbocycles. The third kappa shape index (κ3) is 7.01. The molecule has 0 radical (unpaired) electrons. The summed E-state index contributed by atoms with van der Waals surface area (Å²) >= 11 is 0. The van der Waals surface area contributed by atoms with Crippen molar-refractivity contribution >= 4 is 6.09 Å². The molecule has 2 atom stereocenters. The van der Waals surface area contributed by atoms with E-state index in [4.69, 9.17) is 9.47 Å². The number of hydrogen-bond acceptors (Lipinski definition) is 5. The van der Waals surface area contributed by atoms with Crippen LogP contribution in [0.15, 0.2) is 78.9 Å². The Morgan fingerprint density at radius 3 is 2.35 bits per heavy atom. The lowest BCUT2D eigenvalue weighted by atomic mass is 9.83. The lowest BCUT2D eigenvalue weighted by Crippen LogP contribution is -2.56. The minimum atomic E-state index is -0.274. The highest BCUT2D eigenvalue weighted by Crippen LogP contribution is 2.38. The molecule has 2 aliphatic heterocycles. The molecule has 0 spiro atoms. The molecule has 40 heavy (non-hydrogen) atoms. The first kappa shape index (κ1) is 28.1. The zero-order valence-electron chi connectivity index (χ0n) is 23.5. The normalized spacial score (nSPS) is 19.8. The highest BCUT2D eigenvalue weighted by molar-refractivity contribution is 5.67. The zero-order chi connectivity index (χ0) is 27.9. The summed E-state index contributed by atoms with van der Waals surface area (Å²) in [7, 11) is 1.69. The molecule has 5 rings (SSSR count). The van der Waals surface area contributed by atoms with E-state index in [0.29, 0.717) is 19.0 Å². The van der Waals surface area contributed by atoms with Gasteiger partial charge in [-0.2, -0.15) is 0 Å². The van der Waals surface area contributed by atoms with E-state index in [2.05, 4.69) is 34.9 Å². The number of rotatable bonds is 8. The number of hydrogen-bond donors (Lipinski definition) is 0. The maximum Gasteiger partial charge on any atom is 0.410 e. The first-order valence-corrected chi connectivity index (χ1v) is 14.3. The minimum absolute atomic E-state index is 0.108. The summed E-state index contributed by atoms with van der Waals surface area (Å²) in [5.74, 6) is 1.09. The second kappa shape index (κ2) is 13.3. The van der Waals surface area contributed by atoms with Crippen molar-refractivity contribution in [1.29, 1.82) is 0 Å². The molecule has 0 bridgehead atoms. The number of likely N-dealkylation sites (tertiary alicyclic amines) is 1. The fourth-order valence-electron chi connectivity index (χ4n) is 6.20. The smallest absolute Gasteiger partial charge is 0.410 e. The molecule has 2 fully saturated rings. The number of ether oxygens (including phenoxy) is 2. The van der Waals surface area contributed by atoms with E-state index in [9.17, 15) is 9.18 Å². The number of amides is 1. The molecule has 0 unspecified atom stereocenters. The summed E-state index contributed by atoms with van der Waals surface area (Å²) in [5.41, 5.74) is 3.29. The predicted molar refractivity (Wildman–Crippen MR) is 155 cm³/mol. The van der Waals surface area contributed by atoms with Crippen LogP contribution in [0, 0.1) is 11.7 Å². The monoisotopic (exact) mass is 545 g/mol. The van der Waals surface area contributed by atoms with E-state index in [-0.39, 0.29) is 30.6 Å². The van der Waals surface area contributed by atoms with Gasteiger partial charge in [0.15, 0.2) is 0 Å². The summed E-state index contributed by atoms with van der Waals surface area (Å²) in [5, 5.41) is 0. The van der Waals surface area contributed by atoms with E-state index >= 15 is 0 Å². The summed E-state index contributed by atoms with van der Waals surface area (Å²) in [4.78, 5) is 19.7.